The zero-order valence-electron chi connectivity index (χ0n) is 25.2. The predicted octanol–water partition coefficient (Wildman–Crippen LogP) is 5.59. The summed E-state index contributed by atoms with van der Waals surface area (Å²) in [5.74, 6) is -0.385. The van der Waals surface area contributed by atoms with Crippen molar-refractivity contribution in [1.82, 2.24) is 19.8 Å². The van der Waals surface area contributed by atoms with Gasteiger partial charge in [-0.1, -0.05) is 24.3 Å². The van der Waals surface area contributed by atoms with Crippen molar-refractivity contribution < 1.29 is 31.1 Å². The lowest BCUT2D eigenvalue weighted by Gasteiger charge is -2.35. The summed E-state index contributed by atoms with van der Waals surface area (Å²) < 4.78 is 76.4. The van der Waals surface area contributed by atoms with Gasteiger partial charge in [0.2, 0.25) is 11.8 Å². The number of halogens is 3. The third kappa shape index (κ3) is 6.64. The number of aromatic nitrogens is 2. The predicted molar refractivity (Wildman–Crippen MR) is 163 cm³/mol. The topological polar surface area (TPSA) is 105 Å². The molecule has 2 fully saturated rings. The lowest BCUT2D eigenvalue weighted by molar-refractivity contribution is -0.189. The number of nitrogens with zero attached hydrogens (tertiary/aromatic N) is 4. The Bertz CT molecular complexity index is 1690. The minimum absolute atomic E-state index is 0.0913. The van der Waals surface area contributed by atoms with Crippen molar-refractivity contribution in [2.45, 2.75) is 63.1 Å². The van der Waals surface area contributed by atoms with Gasteiger partial charge in [0.25, 0.3) is 15.9 Å². The van der Waals surface area contributed by atoms with Gasteiger partial charge in [0.15, 0.2) is 0 Å². The van der Waals surface area contributed by atoms with E-state index in [4.69, 9.17) is 4.74 Å². The summed E-state index contributed by atoms with van der Waals surface area (Å²) >= 11 is 0. The van der Waals surface area contributed by atoms with Crippen LogP contribution in [0.4, 0.5) is 19.1 Å². The number of hydrogen-bond acceptors (Lipinski definition) is 7. The summed E-state index contributed by atoms with van der Waals surface area (Å²) in [6.07, 6.45) is -3.31. The highest BCUT2D eigenvalue weighted by atomic mass is 32.2. The molecule has 6 bridgehead atoms. The Balaban J connectivity index is 1.36. The first kappa shape index (κ1) is 31.3. The molecule has 0 spiro atoms. The molecule has 3 aromatic rings. The molecular weight excluding hydrogens is 607 g/mol. The highest BCUT2D eigenvalue weighted by molar-refractivity contribution is 7.92. The largest absolute Gasteiger partial charge is 0.471 e. The number of carbonyl (C=O) groups is 1. The fourth-order valence-corrected chi connectivity index (χ4v) is 7.38. The van der Waals surface area contributed by atoms with Crippen LogP contribution in [0.5, 0.6) is 5.88 Å². The van der Waals surface area contributed by atoms with Crippen LogP contribution in [0.3, 0.4) is 0 Å². The Labute approximate surface area is 260 Å². The van der Waals surface area contributed by atoms with E-state index in [1.54, 1.807) is 17.0 Å². The molecule has 1 unspecified atom stereocenters. The summed E-state index contributed by atoms with van der Waals surface area (Å²) in [4.78, 5) is 26.3. The zero-order chi connectivity index (χ0) is 32.0. The molecule has 0 radical (unpaired) electrons. The van der Waals surface area contributed by atoms with Crippen LogP contribution in [0.1, 0.15) is 53.6 Å². The van der Waals surface area contributed by atoms with E-state index >= 15 is 0 Å². The van der Waals surface area contributed by atoms with E-state index in [1.807, 2.05) is 32.0 Å². The molecule has 1 saturated carbocycles. The summed E-state index contributed by atoms with van der Waals surface area (Å²) in [6.45, 7) is 5.82. The molecule has 2 aliphatic heterocycles. The minimum Gasteiger partial charge on any atom is -0.471 e. The van der Waals surface area contributed by atoms with E-state index in [0.29, 0.717) is 44.7 Å². The van der Waals surface area contributed by atoms with E-state index < -0.39 is 27.7 Å². The molecule has 1 amide bonds. The average Bonchev–Trinajstić information content (AvgIpc) is 3.75. The van der Waals surface area contributed by atoms with E-state index in [9.17, 15) is 26.4 Å². The van der Waals surface area contributed by atoms with Gasteiger partial charge in [-0.15, -0.1) is 0 Å². The van der Waals surface area contributed by atoms with Crippen LogP contribution in [0.15, 0.2) is 53.4 Å². The molecule has 2 aromatic carbocycles. The van der Waals surface area contributed by atoms with Crippen molar-refractivity contribution in [2.24, 2.45) is 5.41 Å². The number of fused-ring (bicyclic) bond motifs is 6. The molecule has 3 heterocycles. The van der Waals surface area contributed by atoms with Crippen LogP contribution < -0.4 is 9.46 Å². The van der Waals surface area contributed by atoms with E-state index in [1.165, 1.54) is 18.2 Å². The fourth-order valence-electron chi connectivity index (χ4n) is 6.39. The van der Waals surface area contributed by atoms with Gasteiger partial charge in [-0.3, -0.25) is 9.69 Å². The quantitative estimate of drug-likeness (QED) is 0.387. The number of nitrogens with one attached hydrogen (secondary N) is 1. The van der Waals surface area contributed by atoms with E-state index in [2.05, 4.69) is 19.6 Å². The van der Waals surface area contributed by atoms with Crippen LogP contribution in [0, 0.1) is 19.3 Å². The van der Waals surface area contributed by atoms with Crippen molar-refractivity contribution in [2.75, 3.05) is 37.4 Å². The first-order valence-electron chi connectivity index (χ1n) is 15.2. The second kappa shape index (κ2) is 11.9. The van der Waals surface area contributed by atoms with Gasteiger partial charge in [0.05, 0.1) is 22.5 Å². The first-order valence-corrected chi connectivity index (χ1v) is 16.7. The van der Waals surface area contributed by atoms with E-state index in [0.717, 1.165) is 16.7 Å². The normalized spacial score (nSPS) is 21.2. The number of carbonyl (C=O) groups excluding carboxylic acids is 1. The monoisotopic (exact) mass is 643 g/mol. The Morgan fingerprint density at radius 2 is 1.76 bits per heavy atom. The number of aryl methyl sites for hydroxylation is 2. The number of alkyl halides is 3. The van der Waals surface area contributed by atoms with Gasteiger partial charge in [-0.2, -0.15) is 18.2 Å². The molecule has 1 N–H and O–H groups in total. The number of sulfonamides is 1. The van der Waals surface area contributed by atoms with Crippen LogP contribution in [0.25, 0.3) is 11.3 Å². The molecule has 9 nitrogen and oxygen atoms in total. The minimum atomic E-state index is -4.18. The lowest BCUT2D eigenvalue weighted by Crippen LogP contribution is -2.49. The highest BCUT2D eigenvalue weighted by Crippen LogP contribution is 2.60. The number of hydrogen-bond donors (Lipinski definition) is 1. The lowest BCUT2D eigenvalue weighted by atomic mass is 9.99. The average molecular weight is 644 g/mol. The summed E-state index contributed by atoms with van der Waals surface area (Å²) in [5, 5.41) is 0. The summed E-state index contributed by atoms with van der Waals surface area (Å²) in [7, 11) is -4.16. The molecule has 1 aliphatic carbocycles. The summed E-state index contributed by atoms with van der Waals surface area (Å²) in [5.41, 5.74) is 1.81. The van der Waals surface area contributed by atoms with Gasteiger partial charge in [0, 0.05) is 30.3 Å². The second-order valence-electron chi connectivity index (χ2n) is 12.3. The molecule has 45 heavy (non-hydrogen) atoms. The maximum atomic E-state index is 13.7. The molecule has 13 heteroatoms. The Morgan fingerprint density at radius 1 is 1.02 bits per heavy atom. The molecule has 3 aliphatic rings. The molecular formula is C32H36F3N5O4S. The van der Waals surface area contributed by atoms with Gasteiger partial charge in [-0.25, -0.2) is 18.1 Å². The molecule has 1 aromatic heterocycles. The Hall–Kier alpha value is -3.71. The molecule has 240 valence electrons. The maximum absolute atomic E-state index is 13.7. The fraction of sp³-hybridized carbons (Fsp3) is 0.469. The Morgan fingerprint density at radius 3 is 2.47 bits per heavy atom. The standard InChI is InChI=1S/C32H36F3N5O4S/c1-21-7-3-8-22(2)28(21)26-18-27-37-30(36-26)38-45(42,43)25-10-4-9-23(17-25)29(41)40-16-6-15-39(19-24(20-40)44-27)14-5-11-31(12-13-31)32(33,34)35/h3-4,7-10,17-18,24H,5-6,11-16,19-20H2,1-2H3,(H,36,37,38). The third-order valence-electron chi connectivity index (χ3n) is 9.00. The molecule has 1 saturated heterocycles. The van der Waals surface area contributed by atoms with Crippen molar-refractivity contribution >= 4 is 21.9 Å². The van der Waals surface area contributed by atoms with Gasteiger partial charge in [0.1, 0.15) is 6.10 Å². The number of anilines is 1. The number of rotatable bonds is 5. The van der Waals surface area contributed by atoms with Gasteiger partial charge in [-0.05, 0) is 88.4 Å². The van der Waals surface area contributed by atoms with Crippen LogP contribution in [0.2, 0.25) is 0 Å². The number of amides is 1. The van der Waals surface area contributed by atoms with Crippen LogP contribution >= 0.6 is 0 Å². The van der Waals surface area contributed by atoms with Crippen LogP contribution in [-0.4, -0.2) is 79.1 Å². The van der Waals surface area contributed by atoms with Crippen LogP contribution in [-0.2, 0) is 10.0 Å². The highest BCUT2D eigenvalue weighted by Gasteiger charge is 2.62. The van der Waals surface area contributed by atoms with E-state index in [-0.39, 0.29) is 54.0 Å². The van der Waals surface area contributed by atoms with Crippen molar-refractivity contribution in [3.05, 3.63) is 65.2 Å². The third-order valence-corrected chi connectivity index (χ3v) is 10.3. The van der Waals surface area contributed by atoms with Crippen molar-refractivity contribution in [1.29, 1.82) is 0 Å². The van der Waals surface area contributed by atoms with Crippen molar-refractivity contribution in [3.63, 3.8) is 0 Å². The number of ether oxygens (including phenoxy) is 1. The zero-order valence-corrected chi connectivity index (χ0v) is 26.0. The van der Waals surface area contributed by atoms with Crippen molar-refractivity contribution in [3.8, 4) is 17.1 Å². The smallest absolute Gasteiger partial charge is 0.394 e. The maximum Gasteiger partial charge on any atom is 0.394 e. The molecule has 6 rings (SSSR count). The van der Waals surface area contributed by atoms with Gasteiger partial charge < -0.3 is 9.64 Å². The summed E-state index contributed by atoms with van der Waals surface area (Å²) in [6, 6.07) is 13.3. The second-order valence-corrected chi connectivity index (χ2v) is 14.0. The SMILES string of the molecule is Cc1cccc(C)c1-c1cc2nc(n1)NS(=O)(=O)c1cccc(c1)C(=O)N1CCCN(CCCC3(C(F)(F)F)CC3)CC(C1)O2. The van der Waals surface area contributed by atoms with Gasteiger partial charge >= 0.3 is 6.18 Å². The molecule has 1 atom stereocenters. The Kier molecular flexibility index (Phi) is 8.27. The number of benzene rings is 2. The first-order chi connectivity index (χ1) is 21.3.